The van der Waals surface area contributed by atoms with Crippen LogP contribution in [0.2, 0.25) is 0 Å². The highest BCUT2D eigenvalue weighted by Crippen LogP contribution is 2.21. The molecular weight excluding hydrogens is 302 g/mol. The molecule has 8 nitrogen and oxygen atoms in total. The van der Waals surface area contributed by atoms with Gasteiger partial charge in [0.05, 0.1) is 12.5 Å². The van der Waals surface area contributed by atoms with Crippen molar-refractivity contribution < 1.29 is 24.2 Å². The van der Waals surface area contributed by atoms with E-state index in [1.54, 1.807) is 11.8 Å². The third-order valence-corrected chi connectivity index (χ3v) is 3.94. The third kappa shape index (κ3) is 3.69. The summed E-state index contributed by atoms with van der Waals surface area (Å²) in [7, 11) is 0. The van der Waals surface area contributed by atoms with Crippen LogP contribution in [-0.4, -0.2) is 57.3 Å². The van der Waals surface area contributed by atoms with Gasteiger partial charge in [-0.3, -0.25) is 9.59 Å². The second-order valence-electron chi connectivity index (χ2n) is 5.52. The highest BCUT2D eigenvalue weighted by molar-refractivity contribution is 5.93. The average Bonchev–Trinajstić information content (AvgIpc) is 3.03. The van der Waals surface area contributed by atoms with Crippen LogP contribution in [-0.2, 0) is 14.3 Å². The monoisotopic (exact) mass is 323 g/mol. The molecule has 1 N–H and O–H groups in total. The number of piperidine rings is 1. The number of rotatable bonds is 5. The molecule has 0 radical (unpaired) electrons. The maximum absolute atomic E-state index is 12.7. The Balaban J connectivity index is 2.13. The number of aromatic nitrogens is 2. The van der Waals surface area contributed by atoms with Crippen molar-refractivity contribution in [3.8, 4) is 0 Å². The van der Waals surface area contributed by atoms with E-state index < -0.39 is 12.0 Å². The Kier molecular flexibility index (Phi) is 5.36. The van der Waals surface area contributed by atoms with E-state index in [-0.39, 0.29) is 30.0 Å². The van der Waals surface area contributed by atoms with Crippen LogP contribution in [0.4, 0.5) is 0 Å². The van der Waals surface area contributed by atoms with Gasteiger partial charge in [0.1, 0.15) is 11.7 Å². The smallest absolute Gasteiger partial charge is 0.328 e. The van der Waals surface area contributed by atoms with Crippen molar-refractivity contribution in [1.29, 1.82) is 0 Å². The van der Waals surface area contributed by atoms with E-state index in [9.17, 15) is 14.4 Å². The minimum atomic E-state index is -1.06. The average molecular weight is 323 g/mol. The van der Waals surface area contributed by atoms with Crippen LogP contribution in [0.5, 0.6) is 0 Å². The molecule has 1 saturated heterocycles. The van der Waals surface area contributed by atoms with E-state index >= 15 is 0 Å². The first kappa shape index (κ1) is 17.0. The number of ether oxygens (including phenoxy) is 1. The zero-order chi connectivity index (χ0) is 17.0. The molecule has 1 aromatic rings. The van der Waals surface area contributed by atoms with Crippen LogP contribution in [0, 0.1) is 5.92 Å². The lowest BCUT2D eigenvalue weighted by atomic mass is 9.98. The van der Waals surface area contributed by atoms with Gasteiger partial charge in [-0.25, -0.2) is 9.48 Å². The summed E-state index contributed by atoms with van der Waals surface area (Å²) in [6, 6.07) is 0.560. The number of carbonyl (C=O) groups excluding carboxylic acids is 2. The fourth-order valence-corrected chi connectivity index (χ4v) is 2.67. The molecule has 0 spiro atoms. The van der Waals surface area contributed by atoms with Gasteiger partial charge in [-0.2, -0.15) is 5.10 Å². The van der Waals surface area contributed by atoms with Crippen LogP contribution < -0.4 is 0 Å². The largest absolute Gasteiger partial charge is 0.480 e. The highest BCUT2D eigenvalue weighted by Gasteiger charge is 2.32. The predicted octanol–water partition coefficient (Wildman–Crippen LogP) is 0.944. The lowest BCUT2D eigenvalue weighted by molar-refractivity contribution is -0.149. The maximum atomic E-state index is 12.7. The standard InChI is InChI=1S/C15H21N3O5/c1-3-23-15(22)11-5-4-8-17(9-11)13(19)12-6-7-16-18(12)10(2)14(20)21/h6-7,10-11H,3-5,8-9H2,1-2H3,(H,20,21). The first-order chi connectivity index (χ1) is 11.0. The van der Waals surface area contributed by atoms with Gasteiger partial charge < -0.3 is 14.7 Å². The summed E-state index contributed by atoms with van der Waals surface area (Å²) in [5.41, 5.74) is 0.212. The van der Waals surface area contributed by atoms with E-state index in [2.05, 4.69) is 5.10 Å². The second-order valence-corrected chi connectivity index (χ2v) is 5.52. The summed E-state index contributed by atoms with van der Waals surface area (Å²) in [5, 5.41) is 13.0. The van der Waals surface area contributed by atoms with Crippen molar-refractivity contribution in [2.45, 2.75) is 32.7 Å². The molecule has 0 saturated carbocycles. The van der Waals surface area contributed by atoms with Gasteiger partial charge in [0.25, 0.3) is 5.91 Å². The SMILES string of the molecule is CCOC(=O)C1CCCN(C(=O)c2ccnn2C(C)C(=O)O)C1. The number of carboxylic acids is 1. The molecule has 23 heavy (non-hydrogen) atoms. The van der Waals surface area contributed by atoms with Gasteiger partial charge in [-0.15, -0.1) is 0 Å². The lowest BCUT2D eigenvalue weighted by Crippen LogP contribution is -2.43. The second kappa shape index (κ2) is 7.26. The van der Waals surface area contributed by atoms with Gasteiger partial charge in [0.15, 0.2) is 0 Å². The Morgan fingerprint density at radius 2 is 2.22 bits per heavy atom. The Hall–Kier alpha value is -2.38. The molecule has 1 aliphatic heterocycles. The van der Waals surface area contributed by atoms with Crippen LogP contribution in [0.3, 0.4) is 0 Å². The Bertz CT molecular complexity index is 598. The molecule has 1 fully saturated rings. The van der Waals surface area contributed by atoms with Crippen molar-refractivity contribution >= 4 is 17.8 Å². The van der Waals surface area contributed by atoms with E-state index in [1.807, 2.05) is 0 Å². The first-order valence-electron chi connectivity index (χ1n) is 7.68. The molecule has 126 valence electrons. The Labute approximate surface area is 134 Å². The van der Waals surface area contributed by atoms with Crippen LogP contribution >= 0.6 is 0 Å². The van der Waals surface area contributed by atoms with Crippen LogP contribution in [0.15, 0.2) is 12.3 Å². The maximum Gasteiger partial charge on any atom is 0.328 e. The molecule has 0 aliphatic carbocycles. The molecule has 8 heteroatoms. The van der Waals surface area contributed by atoms with Gasteiger partial charge in [-0.05, 0) is 32.8 Å². The predicted molar refractivity (Wildman–Crippen MR) is 79.8 cm³/mol. The fourth-order valence-electron chi connectivity index (χ4n) is 2.67. The van der Waals surface area contributed by atoms with E-state index in [1.165, 1.54) is 23.9 Å². The Morgan fingerprint density at radius 1 is 1.48 bits per heavy atom. The molecule has 2 atom stereocenters. The van der Waals surface area contributed by atoms with Crippen molar-refractivity contribution in [3.05, 3.63) is 18.0 Å². The number of nitrogens with zero attached hydrogens (tertiary/aromatic N) is 3. The van der Waals surface area contributed by atoms with Crippen LogP contribution in [0.25, 0.3) is 0 Å². The lowest BCUT2D eigenvalue weighted by Gasteiger charge is -2.31. The van der Waals surface area contributed by atoms with Crippen molar-refractivity contribution in [2.24, 2.45) is 5.92 Å². The molecule has 2 unspecified atom stereocenters. The van der Waals surface area contributed by atoms with E-state index in [4.69, 9.17) is 9.84 Å². The van der Waals surface area contributed by atoms with Gasteiger partial charge in [-0.1, -0.05) is 0 Å². The molecule has 0 aromatic carbocycles. The van der Waals surface area contributed by atoms with Gasteiger partial charge in [0, 0.05) is 19.3 Å². The number of hydrogen-bond donors (Lipinski definition) is 1. The number of hydrogen-bond acceptors (Lipinski definition) is 5. The quantitative estimate of drug-likeness (QED) is 0.809. The number of likely N-dealkylation sites (tertiary alicyclic amines) is 1. The summed E-state index contributed by atoms with van der Waals surface area (Å²) in [5.74, 6) is -2.01. The summed E-state index contributed by atoms with van der Waals surface area (Å²) < 4.78 is 6.21. The number of esters is 1. The minimum absolute atomic E-state index is 0.212. The zero-order valence-corrected chi connectivity index (χ0v) is 13.3. The van der Waals surface area contributed by atoms with Crippen molar-refractivity contribution in [1.82, 2.24) is 14.7 Å². The Morgan fingerprint density at radius 3 is 2.87 bits per heavy atom. The minimum Gasteiger partial charge on any atom is -0.480 e. The summed E-state index contributed by atoms with van der Waals surface area (Å²) in [6.07, 6.45) is 2.80. The molecule has 2 heterocycles. The topological polar surface area (TPSA) is 102 Å². The number of aliphatic carboxylic acids is 1. The third-order valence-electron chi connectivity index (χ3n) is 3.94. The van der Waals surface area contributed by atoms with Crippen molar-refractivity contribution in [3.63, 3.8) is 0 Å². The van der Waals surface area contributed by atoms with E-state index in [0.29, 0.717) is 26.0 Å². The summed E-state index contributed by atoms with van der Waals surface area (Å²) in [4.78, 5) is 37.2. The van der Waals surface area contributed by atoms with Gasteiger partial charge in [0.2, 0.25) is 0 Å². The summed E-state index contributed by atoms with van der Waals surface area (Å²) >= 11 is 0. The molecule has 2 rings (SSSR count). The molecule has 1 aromatic heterocycles. The fraction of sp³-hybridized carbons (Fsp3) is 0.600. The van der Waals surface area contributed by atoms with E-state index in [0.717, 1.165) is 0 Å². The highest BCUT2D eigenvalue weighted by atomic mass is 16.5. The normalized spacial score (nSPS) is 19.2. The summed E-state index contributed by atoms with van der Waals surface area (Å²) in [6.45, 7) is 4.33. The molecular formula is C15H21N3O5. The first-order valence-corrected chi connectivity index (χ1v) is 7.68. The zero-order valence-electron chi connectivity index (χ0n) is 13.3. The number of amides is 1. The van der Waals surface area contributed by atoms with Gasteiger partial charge >= 0.3 is 11.9 Å². The molecule has 1 aliphatic rings. The van der Waals surface area contributed by atoms with Crippen LogP contribution in [0.1, 0.15) is 43.2 Å². The van der Waals surface area contributed by atoms with Crippen molar-refractivity contribution in [2.75, 3.05) is 19.7 Å². The number of carbonyl (C=O) groups is 3. The molecule has 1 amide bonds. The molecule has 0 bridgehead atoms. The number of carboxylic acid groups (broad SMARTS) is 1.